The highest BCUT2D eigenvalue weighted by Gasteiger charge is 2.55. The van der Waals surface area contributed by atoms with Crippen LogP contribution in [0.2, 0.25) is 0 Å². The predicted molar refractivity (Wildman–Crippen MR) is 76.8 cm³/mol. The average Bonchev–Trinajstić information content (AvgIpc) is 2.65. The molecule has 108 valence electrons. The van der Waals surface area contributed by atoms with E-state index in [9.17, 15) is 18.8 Å². The Labute approximate surface area is 120 Å². The maximum Gasteiger partial charge on any atom is 0.152 e. The van der Waals surface area contributed by atoms with E-state index < -0.39 is 20.9 Å². The largest absolute Gasteiger partial charge is 0.384 e. The first-order valence-corrected chi connectivity index (χ1v) is 8.37. The van der Waals surface area contributed by atoms with Gasteiger partial charge < -0.3 is 5.11 Å². The third-order valence-corrected chi connectivity index (χ3v) is 5.99. The number of hydrogen-bond acceptors (Lipinski definition) is 4. The highest BCUT2D eigenvalue weighted by molar-refractivity contribution is 7.91. The standard InChI is InChI=1S/C15H19NO3S/c1-11-6-12(2)8-13(7-11)14(3,17)15(9-16)4-5-20(18,19)10-15/h6-8,17H,4-5,10H2,1-3H3. The van der Waals surface area contributed by atoms with Crippen LogP contribution in [0.5, 0.6) is 0 Å². The molecule has 4 nitrogen and oxygen atoms in total. The van der Waals surface area contributed by atoms with E-state index in [4.69, 9.17) is 0 Å². The van der Waals surface area contributed by atoms with E-state index in [0.29, 0.717) is 5.56 Å². The average molecular weight is 293 g/mol. The predicted octanol–water partition coefficient (Wildman–Crippen LogP) is 1.84. The summed E-state index contributed by atoms with van der Waals surface area (Å²) in [7, 11) is -3.26. The molecule has 1 saturated heterocycles. The van der Waals surface area contributed by atoms with Crippen molar-refractivity contribution in [2.75, 3.05) is 11.5 Å². The van der Waals surface area contributed by atoms with Crippen molar-refractivity contribution in [1.29, 1.82) is 5.26 Å². The minimum absolute atomic E-state index is 0.0402. The number of nitriles is 1. The number of sulfone groups is 1. The van der Waals surface area contributed by atoms with Gasteiger partial charge in [-0.1, -0.05) is 29.3 Å². The summed E-state index contributed by atoms with van der Waals surface area (Å²) in [5, 5.41) is 20.4. The van der Waals surface area contributed by atoms with Crippen molar-refractivity contribution >= 4 is 9.84 Å². The van der Waals surface area contributed by atoms with Gasteiger partial charge in [0.25, 0.3) is 0 Å². The molecule has 0 radical (unpaired) electrons. The van der Waals surface area contributed by atoms with Crippen molar-refractivity contribution < 1.29 is 13.5 Å². The monoisotopic (exact) mass is 293 g/mol. The van der Waals surface area contributed by atoms with E-state index in [0.717, 1.165) is 11.1 Å². The molecule has 1 aromatic rings. The van der Waals surface area contributed by atoms with Crippen LogP contribution in [0, 0.1) is 30.6 Å². The maximum absolute atomic E-state index is 11.8. The Morgan fingerprint density at radius 3 is 2.25 bits per heavy atom. The second-order valence-electron chi connectivity index (χ2n) is 5.98. The minimum Gasteiger partial charge on any atom is -0.384 e. The molecule has 1 aliphatic rings. The summed E-state index contributed by atoms with van der Waals surface area (Å²) >= 11 is 0. The Bertz CT molecular complexity index is 665. The molecular formula is C15H19NO3S. The maximum atomic E-state index is 11.8. The molecular weight excluding hydrogens is 274 g/mol. The van der Waals surface area contributed by atoms with Gasteiger partial charge in [-0.05, 0) is 32.8 Å². The van der Waals surface area contributed by atoms with Gasteiger partial charge in [0.15, 0.2) is 9.84 Å². The highest BCUT2D eigenvalue weighted by Crippen LogP contribution is 2.47. The molecule has 20 heavy (non-hydrogen) atoms. The summed E-state index contributed by atoms with van der Waals surface area (Å²) in [5.41, 5.74) is -0.189. The molecule has 0 aromatic heterocycles. The van der Waals surface area contributed by atoms with Gasteiger partial charge in [0.05, 0.1) is 17.6 Å². The smallest absolute Gasteiger partial charge is 0.152 e. The molecule has 1 aliphatic heterocycles. The van der Waals surface area contributed by atoms with Crippen molar-refractivity contribution in [2.24, 2.45) is 5.41 Å². The molecule has 1 N–H and O–H groups in total. The van der Waals surface area contributed by atoms with Crippen LogP contribution in [0.25, 0.3) is 0 Å². The van der Waals surface area contributed by atoms with Crippen LogP contribution in [0.3, 0.4) is 0 Å². The molecule has 1 fully saturated rings. The molecule has 2 unspecified atom stereocenters. The fourth-order valence-electron chi connectivity index (χ4n) is 2.96. The topological polar surface area (TPSA) is 78.2 Å². The summed E-state index contributed by atoms with van der Waals surface area (Å²) in [4.78, 5) is 0. The third-order valence-electron chi connectivity index (χ3n) is 4.24. The van der Waals surface area contributed by atoms with Gasteiger partial charge in [-0.3, -0.25) is 0 Å². The molecule has 0 aliphatic carbocycles. The molecule has 0 saturated carbocycles. The molecule has 0 bridgehead atoms. The van der Waals surface area contributed by atoms with E-state index >= 15 is 0 Å². The van der Waals surface area contributed by atoms with Gasteiger partial charge in [0.1, 0.15) is 11.0 Å². The molecule has 1 heterocycles. The minimum atomic E-state index is -3.26. The van der Waals surface area contributed by atoms with E-state index in [1.807, 2.05) is 32.0 Å². The van der Waals surface area contributed by atoms with Crippen LogP contribution < -0.4 is 0 Å². The number of rotatable bonds is 2. The van der Waals surface area contributed by atoms with Gasteiger partial charge in [0, 0.05) is 0 Å². The Morgan fingerprint density at radius 1 is 1.30 bits per heavy atom. The van der Waals surface area contributed by atoms with Crippen molar-refractivity contribution in [2.45, 2.75) is 32.8 Å². The summed E-state index contributed by atoms with van der Waals surface area (Å²) < 4.78 is 23.5. The van der Waals surface area contributed by atoms with Crippen molar-refractivity contribution in [3.8, 4) is 6.07 Å². The zero-order chi connectivity index (χ0) is 15.2. The van der Waals surface area contributed by atoms with Gasteiger partial charge >= 0.3 is 0 Å². The van der Waals surface area contributed by atoms with E-state index in [-0.39, 0.29) is 17.9 Å². The lowest BCUT2D eigenvalue weighted by molar-refractivity contribution is -0.0324. The van der Waals surface area contributed by atoms with Crippen molar-refractivity contribution in [3.63, 3.8) is 0 Å². The molecule has 1 aromatic carbocycles. The Balaban J connectivity index is 2.56. The first kappa shape index (κ1) is 15.0. The third kappa shape index (κ3) is 2.34. The number of nitrogens with zero attached hydrogens (tertiary/aromatic N) is 1. The second kappa shape index (κ2) is 4.57. The number of benzene rings is 1. The van der Waals surface area contributed by atoms with Gasteiger partial charge in [0.2, 0.25) is 0 Å². The number of hydrogen-bond donors (Lipinski definition) is 1. The number of aliphatic hydroxyl groups is 1. The summed E-state index contributed by atoms with van der Waals surface area (Å²) in [6.07, 6.45) is 0.172. The molecule has 0 spiro atoms. The van der Waals surface area contributed by atoms with Gasteiger partial charge in [-0.2, -0.15) is 5.26 Å². The highest BCUT2D eigenvalue weighted by atomic mass is 32.2. The fraction of sp³-hybridized carbons (Fsp3) is 0.533. The SMILES string of the molecule is Cc1cc(C)cc(C(C)(O)C2(C#N)CCS(=O)(=O)C2)c1. The Hall–Kier alpha value is -1.38. The lowest BCUT2D eigenvalue weighted by Crippen LogP contribution is -2.43. The zero-order valence-electron chi connectivity index (χ0n) is 12.0. The molecule has 2 atom stereocenters. The lowest BCUT2D eigenvalue weighted by atomic mass is 9.69. The Morgan fingerprint density at radius 2 is 1.85 bits per heavy atom. The van der Waals surface area contributed by atoms with Crippen molar-refractivity contribution in [1.82, 2.24) is 0 Å². The van der Waals surface area contributed by atoms with E-state index in [1.54, 1.807) is 6.92 Å². The van der Waals surface area contributed by atoms with E-state index in [1.165, 1.54) is 0 Å². The second-order valence-corrected chi connectivity index (χ2v) is 8.17. The summed E-state index contributed by atoms with van der Waals surface area (Å²) in [6, 6.07) is 7.69. The molecule has 0 amide bonds. The van der Waals surface area contributed by atoms with E-state index in [2.05, 4.69) is 6.07 Å². The van der Waals surface area contributed by atoms with Crippen LogP contribution in [-0.4, -0.2) is 25.0 Å². The van der Waals surface area contributed by atoms with Crippen LogP contribution in [0.4, 0.5) is 0 Å². The fourth-order valence-corrected chi connectivity index (χ4v) is 5.01. The lowest BCUT2D eigenvalue weighted by Gasteiger charge is -2.37. The number of aryl methyl sites for hydroxylation is 2. The van der Waals surface area contributed by atoms with Gasteiger partial charge in [-0.15, -0.1) is 0 Å². The molecule has 2 rings (SSSR count). The van der Waals surface area contributed by atoms with Crippen LogP contribution >= 0.6 is 0 Å². The normalized spacial score (nSPS) is 27.8. The van der Waals surface area contributed by atoms with Crippen LogP contribution in [0.1, 0.15) is 30.0 Å². The van der Waals surface area contributed by atoms with Crippen LogP contribution in [0.15, 0.2) is 18.2 Å². The van der Waals surface area contributed by atoms with Crippen LogP contribution in [-0.2, 0) is 15.4 Å². The quantitative estimate of drug-likeness (QED) is 0.902. The first-order valence-electron chi connectivity index (χ1n) is 6.55. The first-order chi connectivity index (χ1) is 9.12. The van der Waals surface area contributed by atoms with Crippen molar-refractivity contribution in [3.05, 3.63) is 34.9 Å². The summed E-state index contributed by atoms with van der Waals surface area (Å²) in [6.45, 7) is 5.37. The summed E-state index contributed by atoms with van der Waals surface area (Å²) in [5.74, 6) is -0.321. The van der Waals surface area contributed by atoms with Gasteiger partial charge in [-0.25, -0.2) is 8.42 Å². The molecule has 5 heteroatoms. The Kier molecular flexibility index (Phi) is 3.43. The zero-order valence-corrected chi connectivity index (χ0v) is 12.8.